The first-order valence-corrected chi connectivity index (χ1v) is 6.85. The molecule has 1 heterocycles. The van der Waals surface area contributed by atoms with E-state index in [0.29, 0.717) is 13.1 Å². The Labute approximate surface area is 132 Å². The van der Waals surface area contributed by atoms with Gasteiger partial charge in [-0.25, -0.2) is 9.59 Å². The summed E-state index contributed by atoms with van der Waals surface area (Å²) in [4.78, 5) is 59.7. The molecule has 0 bridgehead atoms. The molecule has 0 aliphatic carbocycles. The fraction of sp³-hybridized carbons (Fsp3) is 0.500. The Morgan fingerprint density at radius 3 is 1.96 bits per heavy atom. The number of carbonyl (C=O) groups is 5. The van der Waals surface area contributed by atoms with Gasteiger partial charge in [-0.2, -0.15) is 0 Å². The summed E-state index contributed by atoms with van der Waals surface area (Å²) in [5.74, 6) is -3.40. The molecule has 0 aromatic carbocycles. The van der Waals surface area contributed by atoms with E-state index in [1.165, 1.54) is 11.8 Å². The van der Waals surface area contributed by atoms with Gasteiger partial charge in [-0.3, -0.25) is 14.4 Å². The number of piperazine rings is 1. The second-order valence-electron chi connectivity index (χ2n) is 4.69. The number of hydrogen-bond acceptors (Lipinski definition) is 7. The van der Waals surface area contributed by atoms with E-state index in [0.717, 1.165) is 19.3 Å². The van der Waals surface area contributed by atoms with Gasteiger partial charge in [0.15, 0.2) is 6.61 Å². The average Bonchev–Trinajstić information content (AvgIpc) is 2.56. The normalized spacial score (nSPS) is 14.5. The molecule has 9 heteroatoms. The first-order chi connectivity index (χ1) is 10.8. The van der Waals surface area contributed by atoms with Crippen molar-refractivity contribution in [2.24, 2.45) is 0 Å². The number of ether oxygens (including phenoxy) is 2. The van der Waals surface area contributed by atoms with Crippen LogP contribution in [0, 0.1) is 0 Å². The third-order valence-electron chi connectivity index (χ3n) is 3.15. The number of amides is 2. The molecule has 0 saturated carbocycles. The highest BCUT2D eigenvalue weighted by molar-refractivity contribution is 6.36. The second-order valence-corrected chi connectivity index (χ2v) is 4.69. The Morgan fingerprint density at radius 1 is 0.913 bits per heavy atom. The molecule has 23 heavy (non-hydrogen) atoms. The molecule has 1 fully saturated rings. The number of Topliss-reactive ketones (excluding diaryl/α,β-unsaturated/α-hetero) is 1. The van der Waals surface area contributed by atoms with Crippen LogP contribution in [0.4, 0.5) is 0 Å². The Bertz CT molecular complexity index is 533. The molecule has 126 valence electrons. The summed E-state index contributed by atoms with van der Waals surface area (Å²) in [5, 5.41) is 0. The molecule has 0 spiro atoms. The third kappa shape index (κ3) is 5.89. The molecule has 1 aliphatic heterocycles. The topological polar surface area (TPSA) is 110 Å². The van der Waals surface area contributed by atoms with E-state index in [1.54, 1.807) is 4.90 Å². The van der Waals surface area contributed by atoms with Gasteiger partial charge in [0, 0.05) is 45.3 Å². The van der Waals surface area contributed by atoms with Crippen LogP contribution in [-0.2, 0) is 33.4 Å². The van der Waals surface area contributed by atoms with Crippen molar-refractivity contribution in [2.75, 3.05) is 39.9 Å². The van der Waals surface area contributed by atoms with Gasteiger partial charge in [0.2, 0.25) is 5.91 Å². The van der Waals surface area contributed by atoms with Crippen LogP contribution in [0.5, 0.6) is 0 Å². The molecule has 0 unspecified atom stereocenters. The summed E-state index contributed by atoms with van der Waals surface area (Å²) >= 11 is 0. The molecular weight excluding hydrogens is 308 g/mol. The maximum absolute atomic E-state index is 11.9. The summed E-state index contributed by atoms with van der Waals surface area (Å²) in [6, 6.07) is 0. The highest BCUT2D eigenvalue weighted by Gasteiger charge is 2.27. The zero-order valence-electron chi connectivity index (χ0n) is 12.9. The second kappa shape index (κ2) is 8.66. The molecular formula is C14H18N2O7. The maximum Gasteiger partial charge on any atom is 0.331 e. The van der Waals surface area contributed by atoms with E-state index < -0.39 is 30.2 Å². The lowest BCUT2D eigenvalue weighted by Crippen LogP contribution is -2.52. The zero-order chi connectivity index (χ0) is 17.4. The molecule has 0 atom stereocenters. The Morgan fingerprint density at radius 2 is 1.43 bits per heavy atom. The van der Waals surface area contributed by atoms with Gasteiger partial charge in [-0.1, -0.05) is 0 Å². The SMILES string of the molecule is COC(=O)/C=C/C(=O)OCC(=O)C(=O)N1CCN(C(C)=O)CC1. The van der Waals surface area contributed by atoms with E-state index >= 15 is 0 Å². The lowest BCUT2D eigenvalue weighted by atomic mass is 10.2. The maximum atomic E-state index is 11.9. The van der Waals surface area contributed by atoms with Crippen LogP contribution in [0.15, 0.2) is 12.2 Å². The quantitative estimate of drug-likeness (QED) is 0.344. The van der Waals surface area contributed by atoms with E-state index in [4.69, 9.17) is 0 Å². The van der Waals surface area contributed by atoms with Crippen molar-refractivity contribution in [2.45, 2.75) is 6.92 Å². The Hall–Kier alpha value is -2.71. The number of methoxy groups -OCH3 is 1. The Balaban J connectivity index is 2.39. The molecule has 9 nitrogen and oxygen atoms in total. The lowest BCUT2D eigenvalue weighted by Gasteiger charge is -2.33. The minimum atomic E-state index is -0.932. The molecule has 0 aromatic rings. The van der Waals surface area contributed by atoms with Crippen LogP contribution >= 0.6 is 0 Å². The summed E-state index contributed by atoms with van der Waals surface area (Å²) in [6.07, 6.45) is 1.64. The van der Waals surface area contributed by atoms with Crippen molar-refractivity contribution in [1.29, 1.82) is 0 Å². The number of esters is 2. The summed E-state index contributed by atoms with van der Waals surface area (Å²) in [5.41, 5.74) is 0. The van der Waals surface area contributed by atoms with E-state index in [9.17, 15) is 24.0 Å². The summed E-state index contributed by atoms with van der Waals surface area (Å²) in [7, 11) is 1.14. The van der Waals surface area contributed by atoms with Crippen molar-refractivity contribution in [3.8, 4) is 0 Å². The smallest absolute Gasteiger partial charge is 0.331 e. The molecule has 2 amide bonds. The number of carbonyl (C=O) groups excluding carboxylic acids is 5. The minimum absolute atomic E-state index is 0.0882. The van der Waals surface area contributed by atoms with Gasteiger partial charge in [0.05, 0.1) is 7.11 Å². The largest absolute Gasteiger partial charge is 0.466 e. The number of nitrogens with zero attached hydrogens (tertiary/aromatic N) is 2. The minimum Gasteiger partial charge on any atom is -0.466 e. The van der Waals surface area contributed by atoms with Crippen molar-refractivity contribution in [3.63, 3.8) is 0 Å². The van der Waals surface area contributed by atoms with E-state index in [2.05, 4.69) is 9.47 Å². The molecule has 0 aromatic heterocycles. The monoisotopic (exact) mass is 326 g/mol. The first kappa shape index (κ1) is 18.3. The van der Waals surface area contributed by atoms with Gasteiger partial charge in [-0.05, 0) is 0 Å². The lowest BCUT2D eigenvalue weighted by molar-refractivity contribution is -0.152. The van der Waals surface area contributed by atoms with Crippen LogP contribution in [0.1, 0.15) is 6.92 Å². The predicted octanol–water partition coefficient (Wildman–Crippen LogP) is -1.48. The first-order valence-electron chi connectivity index (χ1n) is 6.85. The molecule has 0 radical (unpaired) electrons. The van der Waals surface area contributed by atoms with Crippen LogP contribution in [-0.4, -0.2) is 79.2 Å². The molecule has 1 rings (SSSR count). The van der Waals surface area contributed by atoms with Crippen molar-refractivity contribution in [1.82, 2.24) is 9.80 Å². The predicted molar refractivity (Wildman–Crippen MR) is 76.0 cm³/mol. The number of ketones is 1. The van der Waals surface area contributed by atoms with E-state index in [1.807, 2.05) is 0 Å². The van der Waals surface area contributed by atoms with Gasteiger partial charge in [0.25, 0.3) is 11.7 Å². The van der Waals surface area contributed by atoms with Crippen LogP contribution in [0.25, 0.3) is 0 Å². The van der Waals surface area contributed by atoms with Crippen LogP contribution in [0.3, 0.4) is 0 Å². The van der Waals surface area contributed by atoms with Gasteiger partial charge >= 0.3 is 11.9 Å². The number of hydrogen-bond donors (Lipinski definition) is 0. The highest BCUT2D eigenvalue weighted by Crippen LogP contribution is 2.03. The zero-order valence-corrected chi connectivity index (χ0v) is 12.9. The van der Waals surface area contributed by atoms with E-state index in [-0.39, 0.29) is 19.0 Å². The van der Waals surface area contributed by atoms with Crippen molar-refractivity contribution < 1.29 is 33.4 Å². The fourth-order valence-electron chi connectivity index (χ4n) is 1.85. The van der Waals surface area contributed by atoms with Gasteiger partial charge in [0.1, 0.15) is 0 Å². The third-order valence-corrected chi connectivity index (χ3v) is 3.15. The van der Waals surface area contributed by atoms with Crippen LogP contribution in [0.2, 0.25) is 0 Å². The van der Waals surface area contributed by atoms with Crippen molar-refractivity contribution in [3.05, 3.63) is 12.2 Å². The van der Waals surface area contributed by atoms with Gasteiger partial charge < -0.3 is 19.3 Å². The van der Waals surface area contributed by atoms with Gasteiger partial charge in [-0.15, -0.1) is 0 Å². The summed E-state index contributed by atoms with van der Waals surface area (Å²) < 4.78 is 8.85. The standard InChI is InChI=1S/C14H18N2O7/c1-10(17)15-5-7-16(8-6-15)14(21)11(18)9-23-13(20)4-3-12(19)22-2/h3-4H,5-9H2,1-2H3/b4-3+. The number of rotatable bonds is 5. The summed E-state index contributed by atoms with van der Waals surface area (Å²) in [6.45, 7) is 1.94. The highest BCUT2D eigenvalue weighted by atomic mass is 16.5. The Kier molecular flexibility index (Phi) is 6.91. The average molecular weight is 326 g/mol. The molecule has 0 N–H and O–H groups in total. The molecule has 1 aliphatic rings. The fourth-order valence-corrected chi connectivity index (χ4v) is 1.85. The van der Waals surface area contributed by atoms with Crippen molar-refractivity contribution >= 4 is 29.5 Å². The molecule has 1 saturated heterocycles. The van der Waals surface area contributed by atoms with Crippen LogP contribution < -0.4 is 0 Å².